The number of nitrogens with two attached hydrogens (primary N) is 1. The molecule has 0 aliphatic heterocycles. The fourth-order valence-electron chi connectivity index (χ4n) is 2.58. The smallest absolute Gasteiger partial charge is 0.407 e. The third-order valence-electron chi connectivity index (χ3n) is 4.26. The van der Waals surface area contributed by atoms with Gasteiger partial charge in [-0.2, -0.15) is 0 Å². The molecular formula is C21H28ClN3O4. The van der Waals surface area contributed by atoms with E-state index >= 15 is 0 Å². The summed E-state index contributed by atoms with van der Waals surface area (Å²) in [4.78, 5) is 23.8. The zero-order valence-corrected chi connectivity index (χ0v) is 17.2. The molecule has 0 fully saturated rings. The van der Waals surface area contributed by atoms with E-state index in [0.717, 1.165) is 11.1 Å². The summed E-state index contributed by atoms with van der Waals surface area (Å²) in [6.45, 7) is 2.44. The van der Waals surface area contributed by atoms with E-state index in [9.17, 15) is 14.7 Å². The van der Waals surface area contributed by atoms with E-state index in [4.69, 9.17) is 10.5 Å². The molecule has 0 aliphatic rings. The second-order valence-electron chi connectivity index (χ2n) is 6.56. The van der Waals surface area contributed by atoms with Gasteiger partial charge in [0.05, 0.1) is 12.1 Å². The number of rotatable bonds is 9. The molecule has 7 nitrogen and oxygen atoms in total. The molecule has 0 radical (unpaired) electrons. The van der Waals surface area contributed by atoms with E-state index < -0.39 is 12.1 Å². The summed E-state index contributed by atoms with van der Waals surface area (Å²) < 4.78 is 5.11. The first-order valence-corrected chi connectivity index (χ1v) is 9.25. The Morgan fingerprint density at radius 3 is 2.41 bits per heavy atom. The minimum atomic E-state index is -0.665. The van der Waals surface area contributed by atoms with Gasteiger partial charge in [-0.05, 0) is 43.0 Å². The number of benzene rings is 2. The molecule has 0 unspecified atom stereocenters. The Labute approximate surface area is 177 Å². The monoisotopic (exact) mass is 421 g/mol. The van der Waals surface area contributed by atoms with Gasteiger partial charge in [-0.3, -0.25) is 4.79 Å². The average molecular weight is 422 g/mol. The normalized spacial score (nSPS) is 12.2. The molecule has 0 heterocycles. The van der Waals surface area contributed by atoms with Crippen LogP contribution in [0.4, 0.5) is 4.79 Å². The summed E-state index contributed by atoms with van der Waals surface area (Å²) in [5.74, 6) is -0.0824. The first kappa shape index (κ1) is 24.3. The maximum Gasteiger partial charge on any atom is 0.407 e. The van der Waals surface area contributed by atoms with Crippen LogP contribution in [0.1, 0.15) is 36.9 Å². The lowest BCUT2D eigenvalue weighted by molar-refractivity contribution is -0.123. The molecule has 2 amide bonds. The number of carbonyl (C=O) groups excluding carboxylic acids is 2. The minimum absolute atomic E-state index is 0. The number of ether oxygens (including phenoxy) is 1. The van der Waals surface area contributed by atoms with Crippen LogP contribution in [0.3, 0.4) is 0 Å². The van der Waals surface area contributed by atoms with Crippen LogP contribution in [0.5, 0.6) is 5.75 Å². The van der Waals surface area contributed by atoms with Gasteiger partial charge in [0.15, 0.2) is 0 Å². The lowest BCUT2D eigenvalue weighted by atomic mass is 10.1. The van der Waals surface area contributed by atoms with Crippen molar-refractivity contribution >= 4 is 24.4 Å². The van der Waals surface area contributed by atoms with Gasteiger partial charge in [0.25, 0.3) is 0 Å². The summed E-state index contributed by atoms with van der Waals surface area (Å²) in [5, 5.41) is 14.8. The average Bonchev–Trinajstić information content (AvgIpc) is 2.70. The lowest BCUT2D eigenvalue weighted by Crippen LogP contribution is -2.42. The molecule has 2 aromatic carbocycles. The number of amides is 2. The van der Waals surface area contributed by atoms with Gasteiger partial charge >= 0.3 is 6.09 Å². The van der Waals surface area contributed by atoms with Crippen LogP contribution in [0, 0.1) is 0 Å². The zero-order chi connectivity index (χ0) is 20.4. The number of nitrogens with one attached hydrogen (secondary N) is 2. The highest BCUT2D eigenvalue weighted by atomic mass is 35.5. The first-order chi connectivity index (χ1) is 13.5. The highest BCUT2D eigenvalue weighted by Gasteiger charge is 2.16. The highest BCUT2D eigenvalue weighted by molar-refractivity contribution is 5.85. The van der Waals surface area contributed by atoms with Crippen molar-refractivity contribution < 1.29 is 19.4 Å². The van der Waals surface area contributed by atoms with Crippen LogP contribution < -0.4 is 16.4 Å². The number of phenolic OH excluding ortho intramolecular Hbond substituents is 1. The van der Waals surface area contributed by atoms with Gasteiger partial charge in [0.1, 0.15) is 12.4 Å². The van der Waals surface area contributed by atoms with E-state index in [0.29, 0.717) is 19.4 Å². The van der Waals surface area contributed by atoms with Gasteiger partial charge < -0.3 is 26.2 Å². The lowest BCUT2D eigenvalue weighted by Gasteiger charge is -2.18. The SMILES string of the molecule is C[C@@H](NC(=O)[C@H](N)CCCNC(=O)OCc1ccccc1)c1ccc(O)cc1.Cl. The largest absolute Gasteiger partial charge is 0.508 e. The second kappa shape index (κ2) is 12.6. The van der Waals surface area contributed by atoms with Crippen molar-refractivity contribution in [2.75, 3.05) is 6.54 Å². The molecule has 5 N–H and O–H groups in total. The Morgan fingerprint density at radius 1 is 1.10 bits per heavy atom. The van der Waals surface area contributed by atoms with Crippen molar-refractivity contribution in [1.29, 1.82) is 0 Å². The molecule has 2 aromatic rings. The number of alkyl carbamates (subject to hydrolysis) is 1. The molecule has 0 saturated carbocycles. The molecule has 29 heavy (non-hydrogen) atoms. The number of hydrogen-bond acceptors (Lipinski definition) is 5. The van der Waals surface area contributed by atoms with Crippen molar-refractivity contribution in [3.8, 4) is 5.75 Å². The van der Waals surface area contributed by atoms with Gasteiger partial charge in [0, 0.05) is 6.54 Å². The van der Waals surface area contributed by atoms with Crippen LogP contribution in [-0.4, -0.2) is 29.7 Å². The molecule has 0 saturated heterocycles. The van der Waals surface area contributed by atoms with Crippen molar-refractivity contribution in [3.63, 3.8) is 0 Å². The summed E-state index contributed by atoms with van der Waals surface area (Å²) in [5.41, 5.74) is 7.72. The number of hydrogen-bond donors (Lipinski definition) is 4. The molecule has 0 spiro atoms. The zero-order valence-electron chi connectivity index (χ0n) is 16.3. The van der Waals surface area contributed by atoms with Crippen LogP contribution in [0.25, 0.3) is 0 Å². The van der Waals surface area contributed by atoms with Crippen molar-refractivity contribution in [2.45, 2.75) is 38.5 Å². The molecular weight excluding hydrogens is 394 g/mol. The molecule has 2 rings (SSSR count). The third-order valence-corrected chi connectivity index (χ3v) is 4.26. The molecule has 0 bridgehead atoms. The standard InChI is InChI=1S/C21H27N3O4.ClH/c1-15(17-9-11-18(25)12-10-17)24-20(26)19(22)8-5-13-23-21(27)28-14-16-6-3-2-4-7-16;/h2-4,6-7,9-12,15,19,25H,5,8,13-14,22H2,1H3,(H,23,27)(H,24,26);1H/t15-,19-;/m1./s1. The summed E-state index contributed by atoms with van der Waals surface area (Å²) in [6.07, 6.45) is 0.498. The first-order valence-electron chi connectivity index (χ1n) is 9.25. The molecule has 2 atom stereocenters. The van der Waals surface area contributed by atoms with Gasteiger partial charge in [-0.1, -0.05) is 42.5 Å². The number of carbonyl (C=O) groups is 2. The van der Waals surface area contributed by atoms with E-state index in [2.05, 4.69) is 10.6 Å². The number of aromatic hydroxyl groups is 1. The Bertz CT molecular complexity index is 756. The summed E-state index contributed by atoms with van der Waals surface area (Å²) in [6, 6.07) is 15.2. The molecule has 0 aliphatic carbocycles. The van der Waals surface area contributed by atoms with Crippen LogP contribution in [0.15, 0.2) is 54.6 Å². The maximum atomic E-state index is 12.2. The topological polar surface area (TPSA) is 114 Å². The predicted octanol–water partition coefficient (Wildman–Crippen LogP) is 3.03. The summed E-state index contributed by atoms with van der Waals surface area (Å²) in [7, 11) is 0. The van der Waals surface area contributed by atoms with Crippen LogP contribution in [0.2, 0.25) is 0 Å². The van der Waals surface area contributed by atoms with E-state index in [1.807, 2.05) is 37.3 Å². The quantitative estimate of drug-likeness (QED) is 0.465. The fourth-order valence-corrected chi connectivity index (χ4v) is 2.58. The Kier molecular flexibility index (Phi) is 10.6. The number of halogens is 1. The minimum Gasteiger partial charge on any atom is -0.508 e. The van der Waals surface area contributed by atoms with Crippen molar-refractivity contribution in [2.24, 2.45) is 5.73 Å². The van der Waals surface area contributed by atoms with Gasteiger partial charge in [-0.25, -0.2) is 4.79 Å². The third kappa shape index (κ3) is 8.85. The Hall–Kier alpha value is -2.77. The van der Waals surface area contributed by atoms with Gasteiger partial charge in [0.2, 0.25) is 5.91 Å². The van der Waals surface area contributed by atoms with E-state index in [-0.39, 0.29) is 36.7 Å². The highest BCUT2D eigenvalue weighted by Crippen LogP contribution is 2.16. The second-order valence-corrected chi connectivity index (χ2v) is 6.56. The maximum absolute atomic E-state index is 12.2. The Balaban J connectivity index is 0.00000420. The predicted molar refractivity (Wildman–Crippen MR) is 114 cm³/mol. The molecule has 158 valence electrons. The van der Waals surface area contributed by atoms with Crippen molar-refractivity contribution in [3.05, 3.63) is 65.7 Å². The fraction of sp³-hybridized carbons (Fsp3) is 0.333. The number of phenols is 1. The van der Waals surface area contributed by atoms with Crippen molar-refractivity contribution in [1.82, 2.24) is 10.6 Å². The van der Waals surface area contributed by atoms with Crippen LogP contribution in [-0.2, 0) is 16.1 Å². The van der Waals surface area contributed by atoms with Gasteiger partial charge in [-0.15, -0.1) is 12.4 Å². The van der Waals surface area contributed by atoms with E-state index in [1.165, 1.54) is 0 Å². The summed E-state index contributed by atoms with van der Waals surface area (Å²) >= 11 is 0. The molecule has 8 heteroatoms. The van der Waals surface area contributed by atoms with E-state index in [1.54, 1.807) is 24.3 Å². The molecule has 0 aromatic heterocycles. The Morgan fingerprint density at radius 2 is 1.76 bits per heavy atom. The van der Waals surface area contributed by atoms with Crippen LogP contribution >= 0.6 is 12.4 Å².